The molecule has 1 aromatic rings. The molecule has 0 unspecified atom stereocenters. The fourth-order valence-corrected chi connectivity index (χ4v) is 3.80. The molecule has 2 aliphatic heterocycles. The Hall–Kier alpha value is -0.900. The Bertz CT molecular complexity index is 583. The van der Waals surface area contributed by atoms with Crippen LogP contribution in [0.15, 0.2) is 29.3 Å². The van der Waals surface area contributed by atoms with E-state index in [2.05, 4.69) is 51.6 Å². The average molecular weight is 515 g/mol. The third kappa shape index (κ3) is 9.19. The van der Waals surface area contributed by atoms with Gasteiger partial charge in [-0.25, -0.2) is 4.99 Å². The second-order valence-corrected chi connectivity index (χ2v) is 7.73. The second kappa shape index (κ2) is 14.2. The van der Waals surface area contributed by atoms with Crippen molar-refractivity contribution in [3.05, 3.63) is 35.4 Å². The number of likely N-dealkylation sites (tertiary alicyclic amines) is 1. The lowest BCUT2D eigenvalue weighted by atomic mass is 10.1. The topological polar surface area (TPSA) is 52.1 Å². The third-order valence-electron chi connectivity index (χ3n) is 5.47. The first kappa shape index (κ1) is 24.4. The Morgan fingerprint density at radius 2 is 1.62 bits per heavy atom. The van der Waals surface area contributed by atoms with Crippen LogP contribution in [-0.2, 0) is 17.8 Å². The van der Waals surface area contributed by atoms with Gasteiger partial charge in [0.15, 0.2) is 5.96 Å². The van der Waals surface area contributed by atoms with Crippen molar-refractivity contribution in [1.29, 1.82) is 0 Å². The summed E-state index contributed by atoms with van der Waals surface area (Å²) >= 11 is 0. The van der Waals surface area contributed by atoms with Gasteiger partial charge in [0.2, 0.25) is 0 Å². The van der Waals surface area contributed by atoms with Gasteiger partial charge in [0.05, 0.1) is 19.8 Å². The van der Waals surface area contributed by atoms with Gasteiger partial charge >= 0.3 is 0 Å². The molecule has 0 amide bonds. The highest BCUT2D eigenvalue weighted by molar-refractivity contribution is 14.0. The highest BCUT2D eigenvalue weighted by Gasteiger charge is 2.11. The van der Waals surface area contributed by atoms with E-state index in [4.69, 9.17) is 9.73 Å². The fourth-order valence-electron chi connectivity index (χ4n) is 3.80. The van der Waals surface area contributed by atoms with Crippen LogP contribution in [0.25, 0.3) is 0 Å². The van der Waals surface area contributed by atoms with Crippen LogP contribution in [0.5, 0.6) is 0 Å². The van der Waals surface area contributed by atoms with Crippen molar-refractivity contribution in [3.63, 3.8) is 0 Å². The summed E-state index contributed by atoms with van der Waals surface area (Å²) in [6.45, 7) is 13.0. The molecule has 164 valence electrons. The third-order valence-corrected chi connectivity index (χ3v) is 5.47. The molecule has 2 saturated heterocycles. The van der Waals surface area contributed by atoms with Crippen LogP contribution < -0.4 is 10.6 Å². The lowest BCUT2D eigenvalue weighted by Gasteiger charge is -2.26. The molecule has 0 spiro atoms. The molecule has 0 atom stereocenters. The molecule has 6 nitrogen and oxygen atoms in total. The summed E-state index contributed by atoms with van der Waals surface area (Å²) in [5.41, 5.74) is 2.61. The number of nitrogens with one attached hydrogen (secondary N) is 2. The predicted molar refractivity (Wildman–Crippen MR) is 131 cm³/mol. The van der Waals surface area contributed by atoms with Crippen LogP contribution >= 0.6 is 24.0 Å². The maximum absolute atomic E-state index is 5.42. The number of halogens is 1. The molecule has 0 aromatic heterocycles. The van der Waals surface area contributed by atoms with E-state index in [-0.39, 0.29) is 24.0 Å². The molecule has 2 aliphatic rings. The monoisotopic (exact) mass is 515 g/mol. The van der Waals surface area contributed by atoms with Gasteiger partial charge in [-0.2, -0.15) is 0 Å². The largest absolute Gasteiger partial charge is 0.379 e. The molecule has 2 heterocycles. The Kier molecular flexibility index (Phi) is 11.9. The number of nitrogens with zero attached hydrogens (tertiary/aromatic N) is 3. The molecule has 2 N–H and O–H groups in total. The van der Waals surface area contributed by atoms with Crippen LogP contribution in [0.4, 0.5) is 0 Å². The molecule has 1 aromatic carbocycles. The molecule has 0 bridgehead atoms. The summed E-state index contributed by atoms with van der Waals surface area (Å²) in [5, 5.41) is 6.84. The number of aliphatic imine (C=N–C) groups is 1. The lowest BCUT2D eigenvalue weighted by Crippen LogP contribution is -2.42. The van der Waals surface area contributed by atoms with Gasteiger partial charge in [-0.3, -0.25) is 4.90 Å². The molecular formula is C22H38IN5O. The van der Waals surface area contributed by atoms with Crippen molar-refractivity contribution in [1.82, 2.24) is 20.4 Å². The van der Waals surface area contributed by atoms with Crippen molar-refractivity contribution >= 4 is 29.9 Å². The van der Waals surface area contributed by atoms with E-state index in [0.717, 1.165) is 58.4 Å². The normalized spacial score (nSPS) is 18.9. The van der Waals surface area contributed by atoms with E-state index in [0.29, 0.717) is 6.54 Å². The lowest BCUT2D eigenvalue weighted by molar-refractivity contribution is 0.0342. The van der Waals surface area contributed by atoms with Crippen molar-refractivity contribution < 1.29 is 4.74 Å². The smallest absolute Gasteiger partial charge is 0.191 e. The first-order chi connectivity index (χ1) is 13.8. The fraction of sp³-hybridized carbons (Fsp3) is 0.682. The number of hydrogen-bond acceptors (Lipinski definition) is 4. The number of rotatable bonds is 8. The number of benzene rings is 1. The van der Waals surface area contributed by atoms with Crippen molar-refractivity contribution in [2.24, 2.45) is 4.99 Å². The van der Waals surface area contributed by atoms with Gasteiger partial charge in [0.25, 0.3) is 0 Å². The molecule has 7 heteroatoms. The summed E-state index contributed by atoms with van der Waals surface area (Å²) in [6.07, 6.45) is 4.07. The van der Waals surface area contributed by atoms with Crippen LogP contribution in [0.3, 0.4) is 0 Å². The average Bonchev–Trinajstić information content (AvgIpc) is 2.74. The van der Waals surface area contributed by atoms with Crippen molar-refractivity contribution in [2.45, 2.75) is 39.3 Å². The summed E-state index contributed by atoms with van der Waals surface area (Å²) < 4.78 is 5.42. The van der Waals surface area contributed by atoms with E-state index in [1.807, 2.05) is 0 Å². The molecule has 29 heavy (non-hydrogen) atoms. The zero-order valence-corrected chi connectivity index (χ0v) is 20.2. The maximum atomic E-state index is 5.42. The van der Waals surface area contributed by atoms with Gasteiger partial charge in [-0.1, -0.05) is 30.7 Å². The zero-order valence-electron chi connectivity index (χ0n) is 17.9. The number of hydrogen-bond donors (Lipinski definition) is 2. The Morgan fingerprint density at radius 1 is 0.931 bits per heavy atom. The van der Waals surface area contributed by atoms with Gasteiger partial charge < -0.3 is 20.3 Å². The first-order valence-corrected chi connectivity index (χ1v) is 11.0. The van der Waals surface area contributed by atoms with Crippen LogP contribution in [-0.4, -0.2) is 74.8 Å². The Morgan fingerprint density at radius 3 is 2.31 bits per heavy atom. The minimum absolute atomic E-state index is 0. The Balaban J connectivity index is 0.00000300. The van der Waals surface area contributed by atoms with E-state index in [9.17, 15) is 0 Å². The predicted octanol–water partition coefficient (Wildman–Crippen LogP) is 2.68. The molecular weight excluding hydrogens is 477 g/mol. The minimum atomic E-state index is 0. The Labute approximate surface area is 193 Å². The van der Waals surface area contributed by atoms with Crippen molar-refractivity contribution in [2.75, 3.05) is 59.0 Å². The van der Waals surface area contributed by atoms with Crippen molar-refractivity contribution in [3.8, 4) is 0 Å². The molecule has 3 rings (SSSR count). The van der Waals surface area contributed by atoms with Crippen LogP contribution in [0.2, 0.25) is 0 Å². The highest BCUT2D eigenvalue weighted by atomic mass is 127. The number of ether oxygens (including phenoxy) is 1. The van der Waals surface area contributed by atoms with E-state index < -0.39 is 0 Å². The molecule has 2 fully saturated rings. The maximum Gasteiger partial charge on any atom is 0.191 e. The number of piperidine rings is 1. The summed E-state index contributed by atoms with van der Waals surface area (Å²) in [5.74, 6) is 0.914. The molecule has 0 radical (unpaired) electrons. The summed E-state index contributed by atoms with van der Waals surface area (Å²) in [7, 11) is 0. The minimum Gasteiger partial charge on any atom is -0.379 e. The molecule has 0 saturated carbocycles. The van der Waals surface area contributed by atoms with Crippen LogP contribution in [0, 0.1) is 0 Å². The zero-order chi connectivity index (χ0) is 19.4. The summed E-state index contributed by atoms with van der Waals surface area (Å²) in [4.78, 5) is 9.76. The number of guanidine groups is 1. The molecule has 0 aliphatic carbocycles. The second-order valence-electron chi connectivity index (χ2n) is 7.73. The van der Waals surface area contributed by atoms with E-state index in [1.54, 1.807) is 0 Å². The standard InChI is InChI=1S/C22H37N5O.HI/c1-2-23-22(24-10-13-26-11-4-3-5-12-26)25-18-20-6-8-21(9-7-20)19-27-14-16-28-17-15-27;/h6-9H,2-5,10-19H2,1H3,(H2,23,24,25);1H. The van der Waals surface area contributed by atoms with E-state index in [1.165, 1.54) is 43.5 Å². The van der Waals surface area contributed by atoms with Gasteiger partial charge in [-0.15, -0.1) is 24.0 Å². The van der Waals surface area contributed by atoms with Gasteiger partial charge in [0.1, 0.15) is 0 Å². The van der Waals surface area contributed by atoms with Gasteiger partial charge in [-0.05, 0) is 44.0 Å². The van der Waals surface area contributed by atoms with Crippen LogP contribution in [0.1, 0.15) is 37.3 Å². The number of morpholine rings is 1. The highest BCUT2D eigenvalue weighted by Crippen LogP contribution is 2.10. The first-order valence-electron chi connectivity index (χ1n) is 11.0. The SMILES string of the molecule is CCNC(=NCc1ccc(CN2CCOCC2)cc1)NCCN1CCCCC1.I. The summed E-state index contributed by atoms with van der Waals surface area (Å²) in [6, 6.07) is 8.88. The van der Waals surface area contributed by atoms with E-state index >= 15 is 0 Å². The quantitative estimate of drug-likeness (QED) is 0.317. The van der Waals surface area contributed by atoms with Gasteiger partial charge in [0, 0.05) is 39.3 Å².